The maximum absolute atomic E-state index is 10.8. The van der Waals surface area contributed by atoms with Crippen molar-refractivity contribution in [2.24, 2.45) is 0 Å². The van der Waals surface area contributed by atoms with E-state index in [-0.39, 0.29) is 4.88 Å². The van der Waals surface area contributed by atoms with Crippen molar-refractivity contribution in [3.63, 3.8) is 0 Å². The Hall–Kier alpha value is -0.910. The van der Waals surface area contributed by atoms with Crippen molar-refractivity contribution < 1.29 is 9.90 Å². The Kier molecular flexibility index (Phi) is 3.28. The Balaban J connectivity index is 2.49. The summed E-state index contributed by atoms with van der Waals surface area (Å²) in [7, 11) is 0. The van der Waals surface area contributed by atoms with E-state index >= 15 is 0 Å². The van der Waals surface area contributed by atoms with Gasteiger partial charge in [-0.2, -0.15) is 0 Å². The van der Waals surface area contributed by atoms with E-state index in [2.05, 4.69) is 20.9 Å². The summed E-state index contributed by atoms with van der Waals surface area (Å²) in [4.78, 5) is 15.2. The third kappa shape index (κ3) is 2.26. The van der Waals surface area contributed by atoms with Crippen LogP contribution in [0.25, 0.3) is 10.6 Å². The Labute approximate surface area is 109 Å². The van der Waals surface area contributed by atoms with Crippen LogP contribution in [0.2, 0.25) is 5.02 Å². The lowest BCUT2D eigenvalue weighted by Crippen LogP contribution is -1.91. The Morgan fingerprint density at radius 1 is 1.50 bits per heavy atom. The second-order valence-electron chi connectivity index (χ2n) is 2.95. The molecule has 6 heteroatoms. The van der Waals surface area contributed by atoms with Gasteiger partial charge in [0.2, 0.25) is 0 Å². The Morgan fingerprint density at radius 2 is 2.25 bits per heavy atom. The van der Waals surface area contributed by atoms with Gasteiger partial charge in [-0.1, -0.05) is 23.7 Å². The number of halogens is 2. The normalized spacial score (nSPS) is 10.4. The lowest BCUT2D eigenvalue weighted by atomic mass is 10.2. The van der Waals surface area contributed by atoms with Crippen LogP contribution >= 0.6 is 38.9 Å². The first-order valence-electron chi connectivity index (χ1n) is 4.23. The molecule has 82 valence electrons. The number of aromatic nitrogens is 1. The van der Waals surface area contributed by atoms with Crippen LogP contribution < -0.4 is 0 Å². The molecular weight excluding hydrogens is 314 g/mol. The first kappa shape index (κ1) is 11.6. The summed E-state index contributed by atoms with van der Waals surface area (Å²) in [5, 5.41) is 10.1. The standard InChI is InChI=1S/C10H5BrClNO2S/c11-8-7(10(14)15)16-9(13-8)5-2-1-3-6(12)4-5/h1-4H,(H,14,15). The second kappa shape index (κ2) is 4.53. The predicted octanol–water partition coefficient (Wildman–Crippen LogP) is 3.92. The minimum Gasteiger partial charge on any atom is -0.477 e. The van der Waals surface area contributed by atoms with E-state index in [1.807, 2.05) is 6.07 Å². The minimum absolute atomic E-state index is 0.190. The summed E-state index contributed by atoms with van der Waals surface area (Å²) in [6, 6.07) is 7.14. The van der Waals surface area contributed by atoms with Gasteiger partial charge in [0.05, 0.1) is 0 Å². The number of nitrogens with zero attached hydrogens (tertiary/aromatic N) is 1. The van der Waals surface area contributed by atoms with E-state index in [0.29, 0.717) is 14.6 Å². The molecule has 2 rings (SSSR count). The number of rotatable bonds is 2. The van der Waals surface area contributed by atoms with Crippen LogP contribution in [0.3, 0.4) is 0 Å². The molecule has 0 fully saturated rings. The molecule has 3 nitrogen and oxygen atoms in total. The zero-order valence-electron chi connectivity index (χ0n) is 7.78. The van der Waals surface area contributed by atoms with Crippen LogP contribution in [0.1, 0.15) is 9.67 Å². The quantitative estimate of drug-likeness (QED) is 0.913. The van der Waals surface area contributed by atoms with Gasteiger partial charge in [0.1, 0.15) is 14.5 Å². The molecule has 0 amide bonds. The van der Waals surface area contributed by atoms with Crippen molar-refractivity contribution >= 4 is 44.8 Å². The zero-order chi connectivity index (χ0) is 11.7. The van der Waals surface area contributed by atoms with Crippen LogP contribution in [-0.4, -0.2) is 16.1 Å². The topological polar surface area (TPSA) is 50.2 Å². The monoisotopic (exact) mass is 317 g/mol. The van der Waals surface area contributed by atoms with Crippen molar-refractivity contribution in [2.45, 2.75) is 0 Å². The molecule has 1 aromatic heterocycles. The predicted molar refractivity (Wildman–Crippen MR) is 67.2 cm³/mol. The number of aromatic carboxylic acids is 1. The molecule has 0 aliphatic heterocycles. The molecule has 1 aromatic carbocycles. The van der Waals surface area contributed by atoms with Gasteiger partial charge < -0.3 is 5.11 Å². The average Bonchev–Trinajstić information content (AvgIpc) is 2.60. The van der Waals surface area contributed by atoms with Crippen molar-refractivity contribution in [3.8, 4) is 10.6 Å². The lowest BCUT2D eigenvalue weighted by molar-refractivity contribution is 0.0701. The van der Waals surface area contributed by atoms with Gasteiger partial charge in [-0.25, -0.2) is 9.78 Å². The fourth-order valence-electron chi connectivity index (χ4n) is 1.18. The van der Waals surface area contributed by atoms with Crippen LogP contribution in [0.4, 0.5) is 0 Å². The Bertz CT molecular complexity index is 556. The third-order valence-electron chi connectivity index (χ3n) is 1.85. The van der Waals surface area contributed by atoms with Crippen molar-refractivity contribution in [3.05, 3.63) is 38.8 Å². The van der Waals surface area contributed by atoms with Crippen molar-refractivity contribution in [1.82, 2.24) is 4.98 Å². The van der Waals surface area contributed by atoms with Gasteiger partial charge in [0, 0.05) is 10.6 Å². The van der Waals surface area contributed by atoms with Crippen molar-refractivity contribution in [2.75, 3.05) is 0 Å². The van der Waals surface area contributed by atoms with E-state index < -0.39 is 5.97 Å². The number of thiazole rings is 1. The van der Waals surface area contributed by atoms with E-state index in [9.17, 15) is 4.79 Å². The molecule has 2 aromatic rings. The minimum atomic E-state index is -0.988. The van der Waals surface area contributed by atoms with Crippen LogP contribution in [0.15, 0.2) is 28.9 Å². The summed E-state index contributed by atoms with van der Waals surface area (Å²) >= 11 is 10.1. The van der Waals surface area contributed by atoms with Gasteiger partial charge in [-0.05, 0) is 28.1 Å². The van der Waals surface area contributed by atoms with Gasteiger partial charge in [-0.3, -0.25) is 0 Å². The van der Waals surface area contributed by atoms with E-state index in [0.717, 1.165) is 16.9 Å². The molecule has 0 aliphatic rings. The third-order valence-corrected chi connectivity index (χ3v) is 4.02. The summed E-state index contributed by atoms with van der Waals surface area (Å²) in [5.74, 6) is -0.988. The lowest BCUT2D eigenvalue weighted by Gasteiger charge is -1.95. The highest BCUT2D eigenvalue weighted by Gasteiger charge is 2.16. The molecule has 0 saturated carbocycles. The first-order valence-corrected chi connectivity index (χ1v) is 6.22. The number of hydrogen-bond donors (Lipinski definition) is 1. The van der Waals surface area contributed by atoms with E-state index in [4.69, 9.17) is 16.7 Å². The smallest absolute Gasteiger partial charge is 0.348 e. The van der Waals surface area contributed by atoms with Crippen LogP contribution in [0, 0.1) is 0 Å². The highest BCUT2D eigenvalue weighted by Crippen LogP contribution is 2.32. The maximum Gasteiger partial charge on any atom is 0.348 e. The van der Waals surface area contributed by atoms with Crippen LogP contribution in [-0.2, 0) is 0 Å². The van der Waals surface area contributed by atoms with Crippen molar-refractivity contribution in [1.29, 1.82) is 0 Å². The summed E-state index contributed by atoms with van der Waals surface area (Å²) in [5.41, 5.74) is 0.811. The Morgan fingerprint density at radius 3 is 2.81 bits per heavy atom. The zero-order valence-corrected chi connectivity index (χ0v) is 10.9. The molecule has 0 radical (unpaired) electrons. The van der Waals surface area contributed by atoms with Gasteiger partial charge in [0.25, 0.3) is 0 Å². The molecule has 0 atom stereocenters. The molecule has 0 spiro atoms. The molecule has 0 aliphatic carbocycles. The molecular formula is C10H5BrClNO2S. The number of hydrogen-bond acceptors (Lipinski definition) is 3. The molecule has 0 bridgehead atoms. The fourth-order valence-corrected chi connectivity index (χ4v) is 2.87. The van der Waals surface area contributed by atoms with E-state index in [1.165, 1.54) is 0 Å². The maximum atomic E-state index is 10.8. The largest absolute Gasteiger partial charge is 0.477 e. The molecule has 1 heterocycles. The van der Waals surface area contributed by atoms with Gasteiger partial charge in [0.15, 0.2) is 0 Å². The first-order chi connectivity index (χ1) is 7.58. The highest BCUT2D eigenvalue weighted by atomic mass is 79.9. The molecule has 1 N–H and O–H groups in total. The SMILES string of the molecule is O=C(O)c1sc(-c2cccc(Cl)c2)nc1Br. The molecule has 0 saturated heterocycles. The number of carboxylic acid groups (broad SMARTS) is 1. The van der Waals surface area contributed by atoms with Crippen LogP contribution in [0.5, 0.6) is 0 Å². The number of benzene rings is 1. The fraction of sp³-hybridized carbons (Fsp3) is 0. The highest BCUT2D eigenvalue weighted by molar-refractivity contribution is 9.10. The summed E-state index contributed by atoms with van der Waals surface area (Å²) in [6.45, 7) is 0. The molecule has 16 heavy (non-hydrogen) atoms. The number of carboxylic acids is 1. The van der Waals surface area contributed by atoms with E-state index in [1.54, 1.807) is 18.2 Å². The average molecular weight is 319 g/mol. The summed E-state index contributed by atoms with van der Waals surface area (Å²) in [6.07, 6.45) is 0. The van der Waals surface area contributed by atoms with Gasteiger partial charge in [-0.15, -0.1) is 11.3 Å². The van der Waals surface area contributed by atoms with Gasteiger partial charge >= 0.3 is 5.97 Å². The number of carbonyl (C=O) groups is 1. The second-order valence-corrected chi connectivity index (χ2v) is 5.14. The summed E-state index contributed by atoms with van der Waals surface area (Å²) < 4.78 is 0.347. The molecule has 0 unspecified atom stereocenters.